The number of likely N-dealkylation sites (tertiary alicyclic amines) is 1. The zero-order valence-corrected chi connectivity index (χ0v) is 16.0. The van der Waals surface area contributed by atoms with Crippen molar-refractivity contribution in [2.45, 2.75) is 64.9 Å². The summed E-state index contributed by atoms with van der Waals surface area (Å²) in [7, 11) is 0. The number of carbonyl (C=O) groups is 1. The third-order valence-corrected chi connectivity index (χ3v) is 6.28. The van der Waals surface area contributed by atoms with Crippen LogP contribution in [0.15, 0.2) is 15.9 Å². The van der Waals surface area contributed by atoms with E-state index >= 15 is 0 Å². The Kier molecular flexibility index (Phi) is 5.74. The Balaban J connectivity index is 1.48. The zero-order chi connectivity index (χ0) is 18.0. The Morgan fingerprint density at radius 3 is 2.68 bits per heavy atom. The Hall–Kier alpha value is -1.07. The van der Waals surface area contributed by atoms with E-state index in [4.69, 9.17) is 16.3 Å². The van der Waals surface area contributed by atoms with E-state index < -0.39 is 0 Å². The van der Waals surface area contributed by atoms with Crippen LogP contribution in [0.5, 0.6) is 0 Å². The average molecular weight is 369 g/mol. The van der Waals surface area contributed by atoms with Gasteiger partial charge in [0.1, 0.15) is 6.10 Å². The molecule has 25 heavy (non-hydrogen) atoms. The Morgan fingerprint density at radius 1 is 1.40 bits per heavy atom. The number of hydrogen-bond donors (Lipinski definition) is 1. The van der Waals surface area contributed by atoms with Crippen molar-refractivity contribution in [3.8, 4) is 0 Å². The third-order valence-electron chi connectivity index (χ3n) is 5.93. The number of carbonyl (C=O) groups excluding carboxylic acids is 1. The summed E-state index contributed by atoms with van der Waals surface area (Å²) >= 11 is 6.26. The minimum absolute atomic E-state index is 0.0510. The molecule has 3 aliphatic rings. The van der Waals surface area contributed by atoms with Gasteiger partial charge in [-0.1, -0.05) is 18.5 Å². The summed E-state index contributed by atoms with van der Waals surface area (Å²) in [6.07, 6.45) is 6.73. The molecular formula is C19H29ClN2O3. The van der Waals surface area contributed by atoms with Gasteiger partial charge in [-0.2, -0.15) is 0 Å². The predicted octanol–water partition coefficient (Wildman–Crippen LogP) is 3.46. The van der Waals surface area contributed by atoms with Gasteiger partial charge >= 0.3 is 0 Å². The molecule has 5 nitrogen and oxygen atoms in total. The lowest BCUT2D eigenvalue weighted by atomic mass is 9.67. The largest absolute Gasteiger partial charge is 0.474 e. The molecule has 3 rings (SSSR count). The topological polar surface area (TPSA) is 62.1 Å². The Labute approximate surface area is 155 Å². The first-order chi connectivity index (χ1) is 12.0. The van der Waals surface area contributed by atoms with Gasteiger partial charge in [0.25, 0.3) is 0 Å². The van der Waals surface area contributed by atoms with E-state index in [0.717, 1.165) is 62.4 Å². The summed E-state index contributed by atoms with van der Waals surface area (Å²) in [5.74, 6) is 0.488. The number of rotatable bonds is 5. The number of nitrogens with zero attached hydrogens (tertiary/aromatic N) is 2. The molecule has 1 amide bonds. The summed E-state index contributed by atoms with van der Waals surface area (Å²) < 4.78 is 6.07. The molecule has 1 N–H and O–H groups in total. The molecule has 0 radical (unpaired) electrons. The van der Waals surface area contributed by atoms with Crippen molar-refractivity contribution in [2.24, 2.45) is 16.3 Å². The minimum Gasteiger partial charge on any atom is -0.474 e. The molecule has 1 spiro atoms. The van der Waals surface area contributed by atoms with Crippen LogP contribution < -0.4 is 0 Å². The maximum absolute atomic E-state index is 12.3. The standard InChI is InChI=1S/C19H29ClN2O3/c1-3-14(10-23)18(24)22-11-19(12-22)8-6-15(7-9-19)25-17-16(20)5-4-13(2)21-17/h14-15,23H,3-12H2,1-2H3. The van der Waals surface area contributed by atoms with Gasteiger partial charge in [0, 0.05) is 24.2 Å². The lowest BCUT2D eigenvalue weighted by molar-refractivity contribution is -0.153. The minimum atomic E-state index is -0.237. The number of aliphatic hydroxyl groups is 1. The van der Waals surface area contributed by atoms with Crippen LogP contribution in [-0.2, 0) is 9.53 Å². The van der Waals surface area contributed by atoms with Crippen molar-refractivity contribution in [1.82, 2.24) is 4.90 Å². The number of amides is 1. The average Bonchev–Trinajstić information content (AvgIpc) is 2.58. The van der Waals surface area contributed by atoms with Gasteiger partial charge in [0.2, 0.25) is 11.8 Å². The maximum Gasteiger partial charge on any atom is 0.228 e. The Morgan fingerprint density at radius 2 is 2.08 bits per heavy atom. The molecule has 1 saturated carbocycles. The van der Waals surface area contributed by atoms with Crippen LogP contribution in [0, 0.1) is 11.3 Å². The van der Waals surface area contributed by atoms with Crippen molar-refractivity contribution in [3.05, 3.63) is 10.9 Å². The Bertz CT molecular complexity index is 567. The number of halogens is 1. The van der Waals surface area contributed by atoms with Crippen LogP contribution in [0.2, 0.25) is 0 Å². The molecule has 1 atom stereocenters. The molecule has 0 aromatic rings. The molecule has 1 aliphatic carbocycles. The van der Waals surface area contributed by atoms with Crippen molar-refractivity contribution in [3.63, 3.8) is 0 Å². The second-order valence-corrected chi connectivity index (χ2v) is 8.31. The van der Waals surface area contributed by atoms with Crippen LogP contribution in [-0.4, -0.2) is 47.4 Å². The quantitative estimate of drug-likeness (QED) is 0.808. The first-order valence-electron chi connectivity index (χ1n) is 9.45. The molecule has 2 aliphatic heterocycles. The monoisotopic (exact) mass is 368 g/mol. The number of ether oxygens (including phenoxy) is 1. The molecule has 6 heteroatoms. The highest BCUT2D eigenvalue weighted by Crippen LogP contribution is 2.45. The molecule has 140 valence electrons. The van der Waals surface area contributed by atoms with E-state index in [1.54, 1.807) is 0 Å². The third kappa shape index (κ3) is 4.03. The summed E-state index contributed by atoms with van der Waals surface area (Å²) in [6.45, 7) is 5.57. The maximum atomic E-state index is 12.3. The van der Waals surface area contributed by atoms with E-state index in [-0.39, 0.29) is 30.0 Å². The zero-order valence-electron chi connectivity index (χ0n) is 15.3. The summed E-state index contributed by atoms with van der Waals surface area (Å²) in [4.78, 5) is 18.7. The van der Waals surface area contributed by atoms with Gasteiger partial charge in [0.05, 0.1) is 17.6 Å². The summed E-state index contributed by atoms with van der Waals surface area (Å²) in [5.41, 5.74) is 1.34. The molecule has 1 unspecified atom stereocenters. The van der Waals surface area contributed by atoms with Gasteiger partial charge < -0.3 is 14.7 Å². The van der Waals surface area contributed by atoms with Crippen molar-refractivity contribution in [2.75, 3.05) is 19.7 Å². The van der Waals surface area contributed by atoms with Crippen molar-refractivity contribution < 1.29 is 14.6 Å². The molecule has 2 heterocycles. The number of aliphatic imine (C=N–C) groups is 1. The van der Waals surface area contributed by atoms with E-state index in [9.17, 15) is 9.90 Å². The molecule has 0 aromatic heterocycles. The molecule has 1 saturated heterocycles. The van der Waals surface area contributed by atoms with Gasteiger partial charge in [-0.25, -0.2) is 4.99 Å². The van der Waals surface area contributed by atoms with Gasteiger partial charge in [-0.3, -0.25) is 4.79 Å². The highest BCUT2D eigenvalue weighted by molar-refractivity contribution is 6.30. The SMILES string of the molecule is CCC(CO)C(=O)N1CC2(CCC(OC3=C(Cl)CCC(C)=N3)CC2)C1. The molecule has 2 fully saturated rings. The predicted molar refractivity (Wildman–Crippen MR) is 98.4 cm³/mol. The van der Waals surface area contributed by atoms with Crippen LogP contribution in [0.4, 0.5) is 0 Å². The normalized spacial score (nSPS) is 24.8. The van der Waals surface area contributed by atoms with Crippen molar-refractivity contribution in [1.29, 1.82) is 0 Å². The van der Waals surface area contributed by atoms with Gasteiger partial charge in [0.15, 0.2) is 0 Å². The number of allylic oxidation sites excluding steroid dienone is 1. The fourth-order valence-electron chi connectivity index (χ4n) is 4.13. The summed E-state index contributed by atoms with van der Waals surface area (Å²) in [5, 5.41) is 10.0. The van der Waals surface area contributed by atoms with Crippen LogP contribution in [0.25, 0.3) is 0 Å². The highest BCUT2D eigenvalue weighted by Gasteiger charge is 2.48. The number of hydrogen-bond acceptors (Lipinski definition) is 4. The van der Waals surface area contributed by atoms with Crippen LogP contribution in [0.3, 0.4) is 0 Å². The molecular weight excluding hydrogens is 340 g/mol. The second-order valence-electron chi connectivity index (χ2n) is 7.86. The highest BCUT2D eigenvalue weighted by atomic mass is 35.5. The molecule has 0 aromatic carbocycles. The van der Waals surface area contributed by atoms with E-state index in [2.05, 4.69) is 4.99 Å². The molecule has 0 bridgehead atoms. The van der Waals surface area contributed by atoms with E-state index in [1.165, 1.54) is 0 Å². The van der Waals surface area contributed by atoms with Crippen LogP contribution in [0.1, 0.15) is 58.8 Å². The smallest absolute Gasteiger partial charge is 0.228 e. The van der Waals surface area contributed by atoms with Gasteiger partial charge in [-0.15, -0.1) is 0 Å². The van der Waals surface area contributed by atoms with Crippen LogP contribution >= 0.6 is 11.6 Å². The van der Waals surface area contributed by atoms with Gasteiger partial charge in [-0.05, 0) is 51.9 Å². The van der Waals surface area contributed by atoms with E-state index in [1.807, 2.05) is 18.7 Å². The fourth-order valence-corrected chi connectivity index (χ4v) is 4.31. The first-order valence-corrected chi connectivity index (χ1v) is 9.83. The number of aliphatic hydroxyl groups excluding tert-OH is 1. The second kappa shape index (κ2) is 7.67. The van der Waals surface area contributed by atoms with E-state index in [0.29, 0.717) is 12.3 Å². The summed E-state index contributed by atoms with van der Waals surface area (Å²) in [6, 6.07) is 0. The fraction of sp³-hybridized carbons (Fsp3) is 0.789. The van der Waals surface area contributed by atoms with Crippen molar-refractivity contribution >= 4 is 23.2 Å². The lowest BCUT2D eigenvalue weighted by Gasteiger charge is -2.54. The first kappa shape index (κ1) is 18.7. The lowest BCUT2D eigenvalue weighted by Crippen LogP contribution is -2.61.